The van der Waals surface area contributed by atoms with Gasteiger partial charge in [0.15, 0.2) is 5.65 Å². The third-order valence-corrected chi connectivity index (χ3v) is 2.94. The first-order chi connectivity index (χ1) is 9.22. The van der Waals surface area contributed by atoms with Crippen LogP contribution in [-0.2, 0) is 6.61 Å². The highest BCUT2D eigenvalue weighted by Gasteiger charge is 2.04. The van der Waals surface area contributed by atoms with Crippen LogP contribution in [0.1, 0.15) is 11.3 Å². The van der Waals surface area contributed by atoms with E-state index in [4.69, 9.17) is 10.5 Å². The summed E-state index contributed by atoms with van der Waals surface area (Å²) in [6.45, 7) is 2.48. The Bertz CT molecular complexity index is 718. The van der Waals surface area contributed by atoms with Crippen LogP contribution in [0, 0.1) is 6.92 Å². The fraction of sp³-hybridized carbons (Fsp3) is 0.133. The monoisotopic (exact) mass is 253 g/mol. The quantitative estimate of drug-likeness (QED) is 0.781. The zero-order valence-electron chi connectivity index (χ0n) is 10.7. The fourth-order valence-corrected chi connectivity index (χ4v) is 2.02. The largest absolute Gasteiger partial charge is 0.487 e. The first-order valence-corrected chi connectivity index (χ1v) is 6.14. The number of nitrogen functional groups attached to an aromatic ring is 1. The Kier molecular flexibility index (Phi) is 2.83. The average Bonchev–Trinajstić information content (AvgIpc) is 2.81. The number of pyridine rings is 1. The van der Waals surface area contributed by atoms with Crippen LogP contribution in [0.3, 0.4) is 0 Å². The lowest BCUT2D eigenvalue weighted by molar-refractivity contribution is 0.302. The molecule has 2 aromatic heterocycles. The summed E-state index contributed by atoms with van der Waals surface area (Å²) in [7, 11) is 0. The molecule has 3 aromatic rings. The van der Waals surface area contributed by atoms with Crippen LogP contribution in [0.4, 0.5) is 5.69 Å². The van der Waals surface area contributed by atoms with E-state index in [-0.39, 0.29) is 0 Å². The van der Waals surface area contributed by atoms with E-state index in [9.17, 15) is 0 Å². The number of imidazole rings is 1. The highest BCUT2D eigenvalue weighted by Crippen LogP contribution is 2.16. The summed E-state index contributed by atoms with van der Waals surface area (Å²) in [6.07, 6.45) is 3.86. The van der Waals surface area contributed by atoms with Crippen molar-refractivity contribution in [2.75, 3.05) is 5.73 Å². The van der Waals surface area contributed by atoms with Gasteiger partial charge in [-0.25, -0.2) is 4.98 Å². The van der Waals surface area contributed by atoms with Gasteiger partial charge in [-0.15, -0.1) is 0 Å². The van der Waals surface area contributed by atoms with Gasteiger partial charge in [-0.1, -0.05) is 12.1 Å². The van der Waals surface area contributed by atoms with Crippen molar-refractivity contribution in [2.24, 2.45) is 0 Å². The summed E-state index contributed by atoms with van der Waals surface area (Å²) in [4.78, 5) is 4.46. The predicted molar refractivity (Wildman–Crippen MR) is 75.1 cm³/mol. The Hall–Kier alpha value is -2.49. The molecule has 4 heteroatoms. The van der Waals surface area contributed by atoms with Gasteiger partial charge in [0.25, 0.3) is 0 Å². The Morgan fingerprint density at radius 3 is 2.95 bits per heavy atom. The molecule has 0 radical (unpaired) electrons. The van der Waals surface area contributed by atoms with Crippen LogP contribution < -0.4 is 10.5 Å². The van der Waals surface area contributed by atoms with E-state index in [0.29, 0.717) is 12.3 Å². The number of hydrogen-bond acceptors (Lipinski definition) is 3. The van der Waals surface area contributed by atoms with Gasteiger partial charge in [-0.05, 0) is 36.8 Å². The van der Waals surface area contributed by atoms with Gasteiger partial charge in [-0.2, -0.15) is 0 Å². The number of benzene rings is 1. The lowest BCUT2D eigenvalue weighted by Gasteiger charge is -2.04. The first-order valence-electron chi connectivity index (χ1n) is 6.14. The third-order valence-electron chi connectivity index (χ3n) is 2.94. The number of fused-ring (bicyclic) bond motifs is 1. The SMILES string of the molecule is Cc1cccc(OCc2cn3cccc(N)c3n2)c1. The highest BCUT2D eigenvalue weighted by atomic mass is 16.5. The molecule has 0 saturated heterocycles. The maximum absolute atomic E-state index is 5.87. The predicted octanol–water partition coefficient (Wildman–Crippen LogP) is 2.80. The molecule has 2 heterocycles. The average molecular weight is 253 g/mol. The molecular weight excluding hydrogens is 238 g/mol. The van der Waals surface area contributed by atoms with Crippen molar-refractivity contribution in [3.8, 4) is 5.75 Å². The normalized spacial score (nSPS) is 10.8. The van der Waals surface area contributed by atoms with E-state index < -0.39 is 0 Å². The summed E-state index contributed by atoms with van der Waals surface area (Å²) in [5.74, 6) is 0.852. The number of nitrogens with zero attached hydrogens (tertiary/aromatic N) is 2. The first kappa shape index (κ1) is 11.6. The molecule has 0 fully saturated rings. The minimum absolute atomic E-state index is 0.435. The minimum Gasteiger partial charge on any atom is -0.487 e. The van der Waals surface area contributed by atoms with E-state index in [1.54, 1.807) is 0 Å². The number of rotatable bonds is 3. The third kappa shape index (κ3) is 2.38. The Morgan fingerprint density at radius 1 is 1.26 bits per heavy atom. The maximum Gasteiger partial charge on any atom is 0.160 e. The Labute approximate surface area is 111 Å². The second-order valence-electron chi connectivity index (χ2n) is 4.53. The standard InChI is InChI=1S/C15H15N3O/c1-11-4-2-5-13(8-11)19-10-12-9-18-7-3-6-14(16)15(18)17-12/h2-9H,10,16H2,1H3. The highest BCUT2D eigenvalue weighted by molar-refractivity contribution is 5.64. The van der Waals surface area contributed by atoms with Crippen molar-refractivity contribution in [2.45, 2.75) is 13.5 Å². The molecular formula is C15H15N3O. The van der Waals surface area contributed by atoms with Gasteiger partial charge >= 0.3 is 0 Å². The molecule has 19 heavy (non-hydrogen) atoms. The van der Waals surface area contributed by atoms with Gasteiger partial charge in [-0.3, -0.25) is 0 Å². The molecule has 0 aliphatic rings. The van der Waals surface area contributed by atoms with Crippen molar-refractivity contribution in [3.63, 3.8) is 0 Å². The molecule has 0 bridgehead atoms. The zero-order valence-corrected chi connectivity index (χ0v) is 10.7. The van der Waals surface area contributed by atoms with E-state index in [0.717, 1.165) is 17.1 Å². The van der Waals surface area contributed by atoms with Gasteiger partial charge < -0.3 is 14.9 Å². The van der Waals surface area contributed by atoms with Crippen LogP contribution >= 0.6 is 0 Å². The van der Waals surface area contributed by atoms with Crippen LogP contribution in [0.2, 0.25) is 0 Å². The number of nitrogens with two attached hydrogens (primary N) is 1. The van der Waals surface area contributed by atoms with Crippen LogP contribution in [0.15, 0.2) is 48.8 Å². The molecule has 2 N–H and O–H groups in total. The van der Waals surface area contributed by atoms with Crippen LogP contribution in [-0.4, -0.2) is 9.38 Å². The molecule has 0 unspecified atom stereocenters. The summed E-state index contributed by atoms with van der Waals surface area (Å²) in [6, 6.07) is 11.7. The molecule has 3 rings (SSSR count). The van der Waals surface area contributed by atoms with E-state index in [1.165, 1.54) is 5.56 Å². The van der Waals surface area contributed by atoms with E-state index in [2.05, 4.69) is 4.98 Å². The van der Waals surface area contributed by atoms with Gasteiger partial charge in [0.2, 0.25) is 0 Å². The molecule has 96 valence electrons. The number of aromatic nitrogens is 2. The lowest BCUT2D eigenvalue weighted by Crippen LogP contribution is -1.95. The number of aryl methyl sites for hydroxylation is 1. The van der Waals surface area contributed by atoms with Crippen LogP contribution in [0.25, 0.3) is 5.65 Å². The number of hydrogen-bond donors (Lipinski definition) is 1. The fourth-order valence-electron chi connectivity index (χ4n) is 2.02. The number of ether oxygens (including phenoxy) is 1. The van der Waals surface area contributed by atoms with Gasteiger partial charge in [0.05, 0.1) is 11.4 Å². The summed E-state index contributed by atoms with van der Waals surface area (Å²) >= 11 is 0. The molecule has 0 aliphatic carbocycles. The number of anilines is 1. The van der Waals surface area contributed by atoms with Crippen molar-refractivity contribution in [1.29, 1.82) is 0 Å². The molecule has 0 aliphatic heterocycles. The van der Waals surface area contributed by atoms with Crippen molar-refractivity contribution < 1.29 is 4.74 Å². The summed E-state index contributed by atoms with van der Waals surface area (Å²) in [5.41, 5.74) is 9.35. The van der Waals surface area contributed by atoms with Crippen LogP contribution in [0.5, 0.6) is 5.75 Å². The maximum atomic E-state index is 5.87. The molecule has 0 amide bonds. The minimum atomic E-state index is 0.435. The second-order valence-corrected chi connectivity index (χ2v) is 4.53. The molecule has 0 atom stereocenters. The smallest absolute Gasteiger partial charge is 0.160 e. The second kappa shape index (κ2) is 4.65. The Balaban J connectivity index is 1.80. The molecule has 0 saturated carbocycles. The van der Waals surface area contributed by atoms with Gasteiger partial charge in [0.1, 0.15) is 12.4 Å². The van der Waals surface area contributed by atoms with E-state index in [1.807, 2.05) is 60.1 Å². The molecule has 1 aromatic carbocycles. The molecule has 0 spiro atoms. The van der Waals surface area contributed by atoms with Gasteiger partial charge in [0, 0.05) is 12.4 Å². The van der Waals surface area contributed by atoms with Crippen molar-refractivity contribution in [3.05, 3.63) is 60.0 Å². The lowest BCUT2D eigenvalue weighted by atomic mass is 10.2. The van der Waals surface area contributed by atoms with E-state index >= 15 is 0 Å². The van der Waals surface area contributed by atoms with Crippen molar-refractivity contribution >= 4 is 11.3 Å². The molecule has 4 nitrogen and oxygen atoms in total. The summed E-state index contributed by atoms with van der Waals surface area (Å²) < 4.78 is 7.63. The zero-order chi connectivity index (χ0) is 13.2. The Morgan fingerprint density at radius 2 is 2.16 bits per heavy atom. The topological polar surface area (TPSA) is 52.5 Å². The summed E-state index contributed by atoms with van der Waals surface area (Å²) in [5, 5.41) is 0. The van der Waals surface area contributed by atoms with Crippen molar-refractivity contribution in [1.82, 2.24) is 9.38 Å².